The molecule has 148 valence electrons. The molecule has 1 saturated heterocycles. The van der Waals surface area contributed by atoms with Crippen LogP contribution in [0.5, 0.6) is 11.5 Å². The van der Waals surface area contributed by atoms with Crippen molar-refractivity contribution >= 4 is 11.0 Å². The second-order valence-electron chi connectivity index (χ2n) is 6.92. The number of hydrogen-bond donors (Lipinski definition) is 3. The lowest BCUT2D eigenvalue weighted by molar-refractivity contribution is -0.311. The van der Waals surface area contributed by atoms with Crippen LogP contribution in [0.2, 0.25) is 0 Å². The number of methoxy groups -OCH3 is 1. The third kappa shape index (κ3) is 3.29. The number of aliphatic hydroxyl groups excluding tert-OH is 2. The van der Waals surface area contributed by atoms with Crippen molar-refractivity contribution in [1.29, 1.82) is 0 Å². The Bertz CT molecular complexity index is 891. The largest absolute Gasteiger partial charge is 0.507 e. The standard InChI is InChI=1S/C19H24O8/c1-5-19(3)17(24-4)14(22)15(23)18(27-19)25-12-7-6-10-11(20)8-13(21)26-16(10)9(12)2/h6-8,14-15,17-18,20,22-23H,5H2,1-4H3/t14-,15+,17+,18-,19-/m0/s1. The molecule has 3 N–H and O–H groups in total. The van der Waals surface area contributed by atoms with Crippen LogP contribution in [0.25, 0.3) is 11.0 Å². The van der Waals surface area contributed by atoms with Crippen LogP contribution in [0.1, 0.15) is 25.8 Å². The summed E-state index contributed by atoms with van der Waals surface area (Å²) in [5, 5.41) is 31.1. The van der Waals surface area contributed by atoms with Gasteiger partial charge in [0.1, 0.15) is 35.4 Å². The van der Waals surface area contributed by atoms with E-state index >= 15 is 0 Å². The molecule has 8 nitrogen and oxygen atoms in total. The van der Waals surface area contributed by atoms with E-state index in [1.165, 1.54) is 7.11 Å². The lowest BCUT2D eigenvalue weighted by Crippen LogP contribution is -2.64. The van der Waals surface area contributed by atoms with Crippen LogP contribution in [-0.2, 0) is 9.47 Å². The molecule has 5 atom stereocenters. The zero-order valence-corrected chi connectivity index (χ0v) is 15.6. The van der Waals surface area contributed by atoms with Gasteiger partial charge in [0.25, 0.3) is 0 Å². The van der Waals surface area contributed by atoms with Gasteiger partial charge in [-0.1, -0.05) is 6.92 Å². The zero-order valence-electron chi connectivity index (χ0n) is 15.6. The first kappa shape index (κ1) is 19.6. The lowest BCUT2D eigenvalue weighted by atomic mass is 9.86. The Balaban J connectivity index is 1.97. The Hall–Kier alpha value is -2.13. The van der Waals surface area contributed by atoms with Crippen molar-refractivity contribution in [1.82, 2.24) is 0 Å². The molecule has 0 amide bonds. The molecule has 1 fully saturated rings. The van der Waals surface area contributed by atoms with Crippen molar-refractivity contribution in [2.24, 2.45) is 0 Å². The van der Waals surface area contributed by atoms with Gasteiger partial charge in [-0.3, -0.25) is 0 Å². The summed E-state index contributed by atoms with van der Waals surface area (Å²) < 4.78 is 22.2. The van der Waals surface area contributed by atoms with Crippen molar-refractivity contribution in [3.8, 4) is 11.5 Å². The van der Waals surface area contributed by atoms with E-state index in [4.69, 9.17) is 18.6 Å². The Morgan fingerprint density at radius 3 is 2.59 bits per heavy atom. The van der Waals surface area contributed by atoms with Crippen molar-refractivity contribution < 1.29 is 33.9 Å². The van der Waals surface area contributed by atoms with Gasteiger partial charge < -0.3 is 33.9 Å². The predicted octanol–water partition coefficient (Wildman–Crippen LogP) is 1.45. The Kier molecular flexibility index (Phi) is 5.18. The van der Waals surface area contributed by atoms with Gasteiger partial charge in [-0.2, -0.15) is 0 Å². The molecule has 0 bridgehead atoms. The van der Waals surface area contributed by atoms with E-state index in [-0.39, 0.29) is 11.3 Å². The molecule has 3 rings (SSSR count). The van der Waals surface area contributed by atoms with E-state index in [9.17, 15) is 20.1 Å². The maximum absolute atomic E-state index is 11.6. The fourth-order valence-corrected chi connectivity index (χ4v) is 3.45. The fraction of sp³-hybridized carbons (Fsp3) is 0.526. The summed E-state index contributed by atoms with van der Waals surface area (Å²) in [6.07, 6.45) is -3.90. The van der Waals surface area contributed by atoms with Gasteiger partial charge in [0.15, 0.2) is 0 Å². The highest BCUT2D eigenvalue weighted by molar-refractivity contribution is 5.86. The number of rotatable bonds is 4. The van der Waals surface area contributed by atoms with Gasteiger partial charge >= 0.3 is 5.63 Å². The Morgan fingerprint density at radius 2 is 1.96 bits per heavy atom. The minimum atomic E-state index is -1.35. The average Bonchev–Trinajstić information content (AvgIpc) is 2.62. The monoisotopic (exact) mass is 380 g/mol. The highest BCUT2D eigenvalue weighted by atomic mass is 16.7. The number of aliphatic hydroxyl groups is 2. The molecule has 0 unspecified atom stereocenters. The van der Waals surface area contributed by atoms with Crippen LogP contribution in [0.15, 0.2) is 27.4 Å². The minimum absolute atomic E-state index is 0.177. The first-order valence-electron chi connectivity index (χ1n) is 8.71. The van der Waals surface area contributed by atoms with Gasteiger partial charge in [0.05, 0.1) is 17.1 Å². The maximum Gasteiger partial charge on any atom is 0.339 e. The second kappa shape index (κ2) is 7.12. The van der Waals surface area contributed by atoms with Crippen LogP contribution in [0.4, 0.5) is 0 Å². The van der Waals surface area contributed by atoms with Gasteiger partial charge in [-0.25, -0.2) is 4.79 Å². The number of fused-ring (bicyclic) bond motifs is 1. The molecule has 0 aliphatic carbocycles. The van der Waals surface area contributed by atoms with Crippen LogP contribution in [-0.4, -0.2) is 52.6 Å². The van der Waals surface area contributed by atoms with Crippen LogP contribution >= 0.6 is 0 Å². The van der Waals surface area contributed by atoms with Crippen LogP contribution in [0.3, 0.4) is 0 Å². The predicted molar refractivity (Wildman–Crippen MR) is 95.9 cm³/mol. The highest BCUT2D eigenvalue weighted by Crippen LogP contribution is 2.37. The topological polar surface area (TPSA) is 119 Å². The van der Waals surface area contributed by atoms with E-state index in [0.29, 0.717) is 23.1 Å². The number of hydrogen-bond acceptors (Lipinski definition) is 8. The Morgan fingerprint density at radius 1 is 1.26 bits per heavy atom. The summed E-state index contributed by atoms with van der Waals surface area (Å²) in [6.45, 7) is 5.31. The van der Waals surface area contributed by atoms with E-state index in [1.54, 1.807) is 26.0 Å². The highest BCUT2D eigenvalue weighted by Gasteiger charge is 2.52. The molecule has 1 aliphatic rings. The first-order valence-corrected chi connectivity index (χ1v) is 8.71. The summed E-state index contributed by atoms with van der Waals surface area (Å²) in [5.74, 6) is 0.101. The fourth-order valence-electron chi connectivity index (χ4n) is 3.45. The molecule has 0 saturated carbocycles. The Labute approximate surface area is 155 Å². The van der Waals surface area contributed by atoms with Gasteiger partial charge in [0, 0.05) is 12.7 Å². The van der Waals surface area contributed by atoms with Crippen LogP contribution in [0, 0.1) is 6.92 Å². The van der Waals surface area contributed by atoms with Crippen molar-refractivity contribution in [3.05, 3.63) is 34.2 Å². The average molecular weight is 380 g/mol. The van der Waals surface area contributed by atoms with E-state index in [1.807, 2.05) is 6.92 Å². The normalized spacial score (nSPS) is 31.2. The van der Waals surface area contributed by atoms with E-state index in [2.05, 4.69) is 0 Å². The number of aryl methyl sites for hydroxylation is 1. The SMILES string of the molecule is CC[C@]1(C)O[C@H](Oc2ccc3c(O)cc(=O)oc3c2C)[C@H](O)[C@H](O)[C@H]1OC. The summed E-state index contributed by atoms with van der Waals surface area (Å²) in [6, 6.07) is 4.11. The van der Waals surface area contributed by atoms with Crippen molar-refractivity contribution in [2.45, 2.75) is 57.4 Å². The molecule has 8 heteroatoms. The minimum Gasteiger partial charge on any atom is -0.507 e. The molecular formula is C19H24O8. The second-order valence-corrected chi connectivity index (χ2v) is 6.92. The molecule has 1 aliphatic heterocycles. The molecule has 0 spiro atoms. The summed E-state index contributed by atoms with van der Waals surface area (Å²) >= 11 is 0. The maximum atomic E-state index is 11.6. The summed E-state index contributed by atoms with van der Waals surface area (Å²) in [4.78, 5) is 11.6. The van der Waals surface area contributed by atoms with Crippen LogP contribution < -0.4 is 10.4 Å². The van der Waals surface area contributed by atoms with Gasteiger partial charge in [0.2, 0.25) is 6.29 Å². The molecule has 2 heterocycles. The summed E-state index contributed by atoms with van der Waals surface area (Å²) in [7, 11) is 1.45. The van der Waals surface area contributed by atoms with E-state index in [0.717, 1.165) is 6.07 Å². The number of benzene rings is 1. The van der Waals surface area contributed by atoms with Gasteiger partial charge in [-0.15, -0.1) is 0 Å². The first-order chi connectivity index (χ1) is 12.7. The smallest absolute Gasteiger partial charge is 0.339 e. The lowest BCUT2D eigenvalue weighted by Gasteiger charge is -2.47. The molecule has 1 aromatic carbocycles. The molecule has 1 aromatic heterocycles. The van der Waals surface area contributed by atoms with E-state index < -0.39 is 35.8 Å². The molecular weight excluding hydrogens is 356 g/mol. The third-order valence-electron chi connectivity index (χ3n) is 5.21. The van der Waals surface area contributed by atoms with Crippen molar-refractivity contribution in [2.75, 3.05) is 7.11 Å². The molecule has 2 aromatic rings. The zero-order chi connectivity index (χ0) is 19.9. The number of aromatic hydroxyl groups is 1. The molecule has 0 radical (unpaired) electrons. The van der Waals surface area contributed by atoms with Gasteiger partial charge in [-0.05, 0) is 32.4 Å². The molecule has 27 heavy (non-hydrogen) atoms. The number of ether oxygens (including phenoxy) is 3. The summed E-state index contributed by atoms with van der Waals surface area (Å²) in [5.41, 5.74) is -0.923. The third-order valence-corrected chi connectivity index (χ3v) is 5.21. The quantitative estimate of drug-likeness (QED) is 0.682. The van der Waals surface area contributed by atoms with Crippen molar-refractivity contribution in [3.63, 3.8) is 0 Å².